The molecule has 0 N–H and O–H groups in total. The van der Waals surface area contributed by atoms with E-state index in [1.807, 2.05) is 19.1 Å². The van der Waals surface area contributed by atoms with Crippen LogP contribution in [-0.4, -0.2) is 91.3 Å². The number of amides is 3. The van der Waals surface area contributed by atoms with Gasteiger partial charge in [0.15, 0.2) is 11.5 Å². The molecule has 0 aromatic heterocycles. The summed E-state index contributed by atoms with van der Waals surface area (Å²) in [6.07, 6.45) is 4.17. The predicted octanol–water partition coefficient (Wildman–Crippen LogP) is 6.20. The predicted molar refractivity (Wildman–Crippen MR) is 201 cm³/mol. The van der Waals surface area contributed by atoms with Gasteiger partial charge in [-0.2, -0.15) is 0 Å². The number of imide groups is 1. The Morgan fingerprint density at radius 3 is 2.45 bits per heavy atom. The Kier molecular flexibility index (Phi) is 14.4. The van der Waals surface area contributed by atoms with E-state index in [1.165, 1.54) is 0 Å². The van der Waals surface area contributed by atoms with Crippen molar-refractivity contribution < 1.29 is 38.2 Å². The second kappa shape index (κ2) is 18.5. The first-order chi connectivity index (χ1) is 24.3. The van der Waals surface area contributed by atoms with Crippen LogP contribution < -0.4 is 14.4 Å². The first-order valence-corrected chi connectivity index (χ1v) is 19.1. The van der Waals surface area contributed by atoms with Crippen LogP contribution >= 0.6 is 21.6 Å². The summed E-state index contributed by atoms with van der Waals surface area (Å²) < 4.78 is 17.3. The Labute approximate surface area is 308 Å². The van der Waals surface area contributed by atoms with Gasteiger partial charge in [-0.1, -0.05) is 33.7 Å². The minimum absolute atomic E-state index is 0.0794. The summed E-state index contributed by atoms with van der Waals surface area (Å²) in [6, 6.07) is 9.92. The molecule has 2 heterocycles. The molecular weight excluding hydrogens is 693 g/mol. The van der Waals surface area contributed by atoms with Crippen molar-refractivity contribution in [3.8, 4) is 11.5 Å². The maximum Gasteiger partial charge on any atom is 0.333 e. The number of anilines is 1. The van der Waals surface area contributed by atoms with E-state index in [4.69, 9.17) is 24.0 Å². The molecule has 1 atom stereocenters. The third kappa shape index (κ3) is 11.5. The third-order valence-corrected chi connectivity index (χ3v) is 11.6. The zero-order valence-corrected chi connectivity index (χ0v) is 31.9. The Morgan fingerprint density at radius 2 is 1.78 bits per heavy atom. The van der Waals surface area contributed by atoms with Crippen LogP contribution in [0.3, 0.4) is 0 Å². The van der Waals surface area contributed by atoms with Gasteiger partial charge in [0, 0.05) is 75.0 Å². The first kappa shape index (κ1) is 39.8. The van der Waals surface area contributed by atoms with E-state index in [0.717, 1.165) is 46.6 Å². The number of nitrogens with zero attached hydrogens (tertiary/aromatic N) is 4. The molecule has 4 rings (SSSR count). The second-order valence-corrected chi connectivity index (χ2v) is 16.4. The lowest BCUT2D eigenvalue weighted by Crippen LogP contribution is -2.33. The largest absolute Gasteiger partial charge is 0.493 e. The van der Waals surface area contributed by atoms with Gasteiger partial charge in [0.25, 0.3) is 11.8 Å². The Balaban J connectivity index is 1.35. The van der Waals surface area contributed by atoms with Crippen LogP contribution in [0.25, 0.3) is 0 Å². The summed E-state index contributed by atoms with van der Waals surface area (Å²) in [6.45, 7) is 12.3. The number of rotatable bonds is 19. The molecule has 2 saturated heterocycles. The molecule has 3 amide bonds. The number of hydrogen-bond acceptors (Lipinski definition) is 12. The van der Waals surface area contributed by atoms with Gasteiger partial charge >= 0.3 is 5.97 Å². The lowest BCUT2D eigenvalue weighted by Gasteiger charge is -2.31. The molecule has 0 saturated carbocycles. The summed E-state index contributed by atoms with van der Waals surface area (Å²) >= 11 is 0. The highest BCUT2D eigenvalue weighted by Crippen LogP contribution is 2.38. The quantitative estimate of drug-likeness (QED) is 0.0408. The van der Waals surface area contributed by atoms with Crippen molar-refractivity contribution >= 4 is 63.4 Å². The van der Waals surface area contributed by atoms with Crippen LogP contribution in [0.5, 0.6) is 11.5 Å². The average Bonchev–Trinajstić information content (AvgIpc) is 3.61. The lowest BCUT2D eigenvalue weighted by molar-refractivity contribution is -0.197. The highest BCUT2D eigenvalue weighted by Gasteiger charge is 2.32. The molecule has 2 aromatic carbocycles. The van der Waals surface area contributed by atoms with Crippen molar-refractivity contribution in [2.24, 2.45) is 4.99 Å². The smallest absolute Gasteiger partial charge is 0.333 e. The van der Waals surface area contributed by atoms with E-state index in [9.17, 15) is 19.2 Å². The number of carbonyl (C=O) groups is 4. The van der Waals surface area contributed by atoms with Crippen LogP contribution in [-0.2, 0) is 42.0 Å². The fraction of sp³-hybridized carbons (Fsp3) is 0.486. The fourth-order valence-corrected chi connectivity index (χ4v) is 8.39. The number of hydrogen-bond donors (Lipinski definition) is 0. The summed E-state index contributed by atoms with van der Waals surface area (Å²) in [7, 11) is 8.74. The minimum Gasteiger partial charge on any atom is -0.493 e. The van der Waals surface area contributed by atoms with E-state index in [1.54, 1.807) is 46.9 Å². The maximum absolute atomic E-state index is 12.1. The van der Waals surface area contributed by atoms with Crippen molar-refractivity contribution in [2.75, 3.05) is 45.0 Å². The molecule has 1 unspecified atom stereocenters. The third-order valence-electron chi connectivity index (χ3n) is 8.23. The number of ether oxygens (including phenoxy) is 3. The SMILES string of the molecule is C=C1CC(C=Nc2cc(OCc3cc(COC)cc(N(C)CC(C)(C)SSCCCC(=O)ON4C(=O)CCC4=O)c3)c(OC)cc2C)N(C=O)C1. The van der Waals surface area contributed by atoms with Crippen LogP contribution in [0, 0.1) is 6.92 Å². The van der Waals surface area contributed by atoms with Gasteiger partial charge in [-0.05, 0) is 74.6 Å². The molecule has 2 aliphatic rings. The van der Waals surface area contributed by atoms with Crippen molar-refractivity contribution in [3.63, 3.8) is 0 Å². The number of aryl methyl sites for hydroxylation is 1. The lowest BCUT2D eigenvalue weighted by atomic mass is 10.1. The van der Waals surface area contributed by atoms with Gasteiger partial charge in [0.1, 0.15) is 6.61 Å². The van der Waals surface area contributed by atoms with Crippen molar-refractivity contribution in [1.82, 2.24) is 9.96 Å². The Hall–Kier alpha value is -4.01. The van der Waals surface area contributed by atoms with Crippen LogP contribution in [0.15, 0.2) is 47.5 Å². The van der Waals surface area contributed by atoms with Crippen LogP contribution in [0.4, 0.5) is 11.4 Å². The average molecular weight is 741 g/mol. The number of methoxy groups -OCH3 is 2. The highest BCUT2D eigenvalue weighted by atomic mass is 33.1. The van der Waals surface area contributed by atoms with E-state index in [2.05, 4.69) is 50.6 Å². The molecule has 0 bridgehead atoms. The summed E-state index contributed by atoms with van der Waals surface area (Å²) in [5.74, 6) is 0.352. The molecule has 12 nitrogen and oxygen atoms in total. The fourth-order valence-electron chi connectivity index (χ4n) is 5.76. The molecule has 2 aliphatic heterocycles. The molecule has 14 heteroatoms. The maximum atomic E-state index is 12.1. The Bertz CT molecular complexity index is 1620. The summed E-state index contributed by atoms with van der Waals surface area (Å²) in [5.41, 5.74) is 5.66. The molecule has 0 aliphatic carbocycles. The normalized spacial score (nSPS) is 16.4. The number of aliphatic imine (C=N–C) groups is 1. The van der Waals surface area contributed by atoms with Gasteiger partial charge in [-0.15, -0.1) is 5.06 Å². The van der Waals surface area contributed by atoms with E-state index < -0.39 is 17.8 Å². The number of benzene rings is 2. The molecule has 2 aromatic rings. The zero-order valence-electron chi connectivity index (χ0n) is 30.3. The molecule has 0 spiro atoms. The number of likely N-dealkylation sites (tertiary alicyclic amines) is 1. The topological polar surface area (TPSA) is 127 Å². The standard InChI is InChI=1S/C37H48N4O8S2/c1-25-13-30(40(20-25)24-42)19-38-31-18-33(32(47-7)14-26(31)2)48-22-28-15-27(21-46-6)16-29(17-28)39(5)23-37(3,4)51-50-12-8-9-36(45)49-41-34(43)10-11-35(41)44/h14-19,24,30H,1,8-13,20-23H2,2-7H3. The molecule has 0 radical (unpaired) electrons. The molecule has 2 fully saturated rings. The van der Waals surface area contributed by atoms with Crippen molar-refractivity contribution in [1.29, 1.82) is 0 Å². The number of carbonyl (C=O) groups excluding carboxylic acids is 4. The van der Waals surface area contributed by atoms with Gasteiger partial charge in [-0.3, -0.25) is 19.4 Å². The monoisotopic (exact) mass is 740 g/mol. The van der Waals surface area contributed by atoms with Gasteiger partial charge in [-0.25, -0.2) is 4.79 Å². The zero-order chi connectivity index (χ0) is 37.1. The summed E-state index contributed by atoms with van der Waals surface area (Å²) in [4.78, 5) is 60.5. The summed E-state index contributed by atoms with van der Waals surface area (Å²) in [5, 5.41) is 0.592. The van der Waals surface area contributed by atoms with E-state index in [-0.39, 0.29) is 30.1 Å². The van der Waals surface area contributed by atoms with Crippen molar-refractivity contribution in [2.45, 2.75) is 76.9 Å². The van der Waals surface area contributed by atoms with Gasteiger partial charge < -0.3 is 28.8 Å². The molecule has 51 heavy (non-hydrogen) atoms. The van der Waals surface area contributed by atoms with Crippen LogP contribution in [0.1, 0.15) is 62.6 Å². The van der Waals surface area contributed by atoms with E-state index in [0.29, 0.717) is 54.9 Å². The van der Waals surface area contributed by atoms with E-state index >= 15 is 0 Å². The van der Waals surface area contributed by atoms with Crippen molar-refractivity contribution in [3.05, 3.63) is 59.2 Å². The molecule has 276 valence electrons. The first-order valence-electron chi connectivity index (χ1n) is 16.8. The van der Waals surface area contributed by atoms with Gasteiger partial charge in [0.05, 0.1) is 25.4 Å². The van der Waals surface area contributed by atoms with Crippen LogP contribution in [0.2, 0.25) is 0 Å². The highest BCUT2D eigenvalue weighted by molar-refractivity contribution is 8.77. The Morgan fingerprint density at radius 1 is 1.08 bits per heavy atom. The van der Waals surface area contributed by atoms with Gasteiger partial charge in [0.2, 0.25) is 6.41 Å². The number of hydroxylamine groups is 2. The molecular formula is C37H48N4O8S2. The second-order valence-electron chi connectivity index (χ2n) is 13.3. The minimum atomic E-state index is -0.577.